The Labute approximate surface area is 98.4 Å². The lowest BCUT2D eigenvalue weighted by Gasteiger charge is -2.31. The summed E-state index contributed by atoms with van der Waals surface area (Å²) in [7, 11) is 2.15. The Bertz CT molecular complexity index is 241. The maximum Gasteiger partial charge on any atom is 0.101 e. The number of rotatable bonds is 5. The molecule has 4 heteroatoms. The van der Waals surface area contributed by atoms with Gasteiger partial charge >= 0.3 is 0 Å². The fourth-order valence-electron chi connectivity index (χ4n) is 2.06. The van der Waals surface area contributed by atoms with Crippen LogP contribution in [0.3, 0.4) is 0 Å². The van der Waals surface area contributed by atoms with Crippen molar-refractivity contribution in [3.63, 3.8) is 0 Å². The van der Waals surface area contributed by atoms with Gasteiger partial charge in [-0.2, -0.15) is 5.26 Å². The standard InChI is InChI=1S/C12H23N3O/c1-12(14,10-13)6-3-7-15(2)11-4-8-16-9-5-11/h11H,3-9,14H2,1-2H3. The predicted molar refractivity (Wildman–Crippen MR) is 63.9 cm³/mol. The van der Waals surface area contributed by atoms with Crippen LogP contribution in [0.5, 0.6) is 0 Å². The van der Waals surface area contributed by atoms with Gasteiger partial charge in [-0.15, -0.1) is 0 Å². The van der Waals surface area contributed by atoms with E-state index in [0.29, 0.717) is 6.04 Å². The summed E-state index contributed by atoms with van der Waals surface area (Å²) in [5, 5.41) is 8.80. The molecule has 0 aliphatic carbocycles. The van der Waals surface area contributed by atoms with E-state index < -0.39 is 5.54 Å². The van der Waals surface area contributed by atoms with Crippen molar-refractivity contribution in [1.82, 2.24) is 4.90 Å². The van der Waals surface area contributed by atoms with Crippen molar-refractivity contribution in [1.29, 1.82) is 5.26 Å². The van der Waals surface area contributed by atoms with Crippen LogP contribution in [0.4, 0.5) is 0 Å². The summed E-state index contributed by atoms with van der Waals surface area (Å²) in [4.78, 5) is 2.37. The van der Waals surface area contributed by atoms with Crippen molar-refractivity contribution < 1.29 is 4.74 Å². The summed E-state index contributed by atoms with van der Waals surface area (Å²) < 4.78 is 5.34. The molecule has 1 rings (SSSR count). The highest BCUT2D eigenvalue weighted by molar-refractivity contribution is 5.00. The fraction of sp³-hybridized carbons (Fsp3) is 0.917. The molecule has 2 N–H and O–H groups in total. The van der Waals surface area contributed by atoms with Crippen molar-refractivity contribution in [2.24, 2.45) is 5.73 Å². The molecule has 0 aromatic rings. The summed E-state index contributed by atoms with van der Waals surface area (Å²) in [6.45, 7) is 4.56. The summed E-state index contributed by atoms with van der Waals surface area (Å²) >= 11 is 0. The molecule has 0 radical (unpaired) electrons. The first-order valence-electron chi connectivity index (χ1n) is 6.03. The van der Waals surface area contributed by atoms with E-state index in [1.54, 1.807) is 6.92 Å². The molecule has 16 heavy (non-hydrogen) atoms. The Hall–Kier alpha value is -0.630. The zero-order valence-electron chi connectivity index (χ0n) is 10.4. The second-order valence-electron chi connectivity index (χ2n) is 4.96. The maximum atomic E-state index is 8.80. The van der Waals surface area contributed by atoms with E-state index in [0.717, 1.165) is 45.4 Å². The minimum atomic E-state index is -0.670. The molecular formula is C12H23N3O. The zero-order chi connectivity index (χ0) is 12.0. The van der Waals surface area contributed by atoms with Crippen LogP contribution in [0.2, 0.25) is 0 Å². The molecule has 92 valence electrons. The predicted octanol–water partition coefficient (Wildman–Crippen LogP) is 1.12. The average Bonchev–Trinajstić information content (AvgIpc) is 2.30. The fourth-order valence-corrected chi connectivity index (χ4v) is 2.06. The van der Waals surface area contributed by atoms with E-state index in [1.807, 2.05) is 0 Å². The van der Waals surface area contributed by atoms with E-state index in [4.69, 9.17) is 15.7 Å². The number of ether oxygens (including phenoxy) is 1. The summed E-state index contributed by atoms with van der Waals surface area (Å²) in [5.74, 6) is 0. The molecule has 1 heterocycles. The number of nitriles is 1. The van der Waals surface area contributed by atoms with Gasteiger partial charge in [-0.3, -0.25) is 0 Å². The van der Waals surface area contributed by atoms with E-state index >= 15 is 0 Å². The minimum Gasteiger partial charge on any atom is -0.381 e. The quantitative estimate of drug-likeness (QED) is 0.761. The molecule has 1 fully saturated rings. The van der Waals surface area contributed by atoms with Gasteiger partial charge in [0.1, 0.15) is 5.54 Å². The Morgan fingerprint density at radius 2 is 2.12 bits per heavy atom. The van der Waals surface area contributed by atoms with Gasteiger partial charge in [0.25, 0.3) is 0 Å². The molecule has 4 nitrogen and oxygen atoms in total. The van der Waals surface area contributed by atoms with Crippen LogP contribution < -0.4 is 5.73 Å². The molecule has 0 amide bonds. The van der Waals surface area contributed by atoms with Crippen LogP contribution in [-0.4, -0.2) is 43.3 Å². The number of hydrogen-bond donors (Lipinski definition) is 1. The second-order valence-corrected chi connectivity index (χ2v) is 4.96. The lowest BCUT2D eigenvalue weighted by molar-refractivity contribution is 0.0423. The SMILES string of the molecule is CN(CCCC(C)(N)C#N)C1CCOCC1. The first kappa shape index (κ1) is 13.4. The van der Waals surface area contributed by atoms with Crippen molar-refractivity contribution in [3.8, 4) is 6.07 Å². The molecule has 1 unspecified atom stereocenters. The van der Waals surface area contributed by atoms with Gasteiger partial charge in [-0.05, 0) is 46.2 Å². The van der Waals surface area contributed by atoms with Gasteiger partial charge in [0.05, 0.1) is 6.07 Å². The lowest BCUT2D eigenvalue weighted by atomic mass is 9.98. The summed E-state index contributed by atoms with van der Waals surface area (Å²) in [5.41, 5.74) is 5.11. The first-order valence-corrected chi connectivity index (χ1v) is 6.03. The van der Waals surface area contributed by atoms with Crippen LogP contribution >= 0.6 is 0 Å². The van der Waals surface area contributed by atoms with Crippen LogP contribution in [0.1, 0.15) is 32.6 Å². The maximum absolute atomic E-state index is 8.80. The lowest BCUT2D eigenvalue weighted by Crippen LogP contribution is -2.39. The molecular weight excluding hydrogens is 202 g/mol. The summed E-state index contributed by atoms with van der Waals surface area (Å²) in [6.07, 6.45) is 3.98. The molecule has 0 bridgehead atoms. The third-order valence-electron chi connectivity index (χ3n) is 3.28. The Morgan fingerprint density at radius 3 is 2.69 bits per heavy atom. The normalized spacial score (nSPS) is 21.7. The topological polar surface area (TPSA) is 62.3 Å². The van der Waals surface area contributed by atoms with Crippen LogP contribution in [0.15, 0.2) is 0 Å². The van der Waals surface area contributed by atoms with Crippen molar-refractivity contribution in [3.05, 3.63) is 0 Å². The molecule has 1 aliphatic heterocycles. The molecule has 1 aliphatic rings. The second kappa shape index (κ2) is 6.19. The molecule has 0 saturated carbocycles. The van der Waals surface area contributed by atoms with Crippen LogP contribution in [0.25, 0.3) is 0 Å². The molecule has 1 atom stereocenters. The van der Waals surface area contributed by atoms with Gasteiger partial charge in [0.2, 0.25) is 0 Å². The van der Waals surface area contributed by atoms with E-state index in [1.165, 1.54) is 0 Å². The van der Waals surface area contributed by atoms with Gasteiger partial charge in [-0.25, -0.2) is 0 Å². The first-order chi connectivity index (χ1) is 7.55. The average molecular weight is 225 g/mol. The van der Waals surface area contributed by atoms with E-state index in [-0.39, 0.29) is 0 Å². The van der Waals surface area contributed by atoms with Crippen molar-refractivity contribution in [2.45, 2.75) is 44.2 Å². The van der Waals surface area contributed by atoms with Crippen molar-refractivity contribution in [2.75, 3.05) is 26.8 Å². The third kappa shape index (κ3) is 4.48. The van der Waals surface area contributed by atoms with E-state index in [2.05, 4.69) is 18.0 Å². The number of nitrogens with zero attached hydrogens (tertiary/aromatic N) is 2. The number of nitrogens with two attached hydrogens (primary N) is 1. The molecule has 0 aromatic carbocycles. The summed E-state index contributed by atoms with van der Waals surface area (Å²) in [6, 6.07) is 2.77. The highest BCUT2D eigenvalue weighted by Gasteiger charge is 2.20. The van der Waals surface area contributed by atoms with Gasteiger partial charge in [0, 0.05) is 19.3 Å². The molecule has 0 spiro atoms. The largest absolute Gasteiger partial charge is 0.381 e. The Kier molecular flexibility index (Phi) is 5.20. The van der Waals surface area contributed by atoms with Crippen molar-refractivity contribution >= 4 is 0 Å². The highest BCUT2D eigenvalue weighted by atomic mass is 16.5. The third-order valence-corrected chi connectivity index (χ3v) is 3.28. The van der Waals surface area contributed by atoms with Gasteiger partial charge < -0.3 is 15.4 Å². The Balaban J connectivity index is 2.19. The zero-order valence-corrected chi connectivity index (χ0v) is 10.4. The Morgan fingerprint density at radius 1 is 1.50 bits per heavy atom. The smallest absolute Gasteiger partial charge is 0.101 e. The van der Waals surface area contributed by atoms with Crippen LogP contribution in [0, 0.1) is 11.3 Å². The van der Waals surface area contributed by atoms with Gasteiger partial charge in [-0.1, -0.05) is 0 Å². The van der Waals surface area contributed by atoms with Crippen LogP contribution in [-0.2, 0) is 4.74 Å². The highest BCUT2D eigenvalue weighted by Crippen LogP contribution is 2.14. The molecule has 1 saturated heterocycles. The van der Waals surface area contributed by atoms with E-state index in [9.17, 15) is 0 Å². The molecule has 0 aromatic heterocycles. The van der Waals surface area contributed by atoms with Gasteiger partial charge in [0.15, 0.2) is 0 Å². The number of hydrogen-bond acceptors (Lipinski definition) is 4. The monoisotopic (exact) mass is 225 g/mol. The minimum absolute atomic E-state index is 0.639.